The first-order valence-electron chi connectivity index (χ1n) is 7.80. The highest BCUT2D eigenvalue weighted by Gasteiger charge is 2.26. The zero-order valence-electron chi connectivity index (χ0n) is 12.4. The molecule has 1 amide bonds. The highest BCUT2D eigenvalue weighted by molar-refractivity contribution is 7.19. The van der Waals surface area contributed by atoms with Crippen LogP contribution in [0.3, 0.4) is 0 Å². The SMILES string of the molecule is CCCCCNC(=O)[C@H]1Cc2c(sc3ccccc23)CN1. The molecule has 0 radical (unpaired) electrons. The van der Waals surface area contributed by atoms with Crippen LogP contribution >= 0.6 is 11.3 Å². The molecule has 2 aromatic rings. The number of carbonyl (C=O) groups excluding carboxylic acids is 1. The molecule has 3 nitrogen and oxygen atoms in total. The Kier molecular flexibility index (Phi) is 4.56. The molecule has 21 heavy (non-hydrogen) atoms. The van der Waals surface area contributed by atoms with E-state index in [0.717, 1.165) is 25.9 Å². The van der Waals surface area contributed by atoms with Crippen LogP contribution in [0.1, 0.15) is 36.6 Å². The summed E-state index contributed by atoms with van der Waals surface area (Å²) in [5, 5.41) is 7.76. The van der Waals surface area contributed by atoms with E-state index in [0.29, 0.717) is 0 Å². The standard InChI is InChI=1S/C17H22N2OS/c1-2-3-6-9-18-17(20)14-10-13-12-7-4-5-8-15(12)21-16(13)11-19-14/h4-5,7-8,14,19H,2-3,6,9-11H2,1H3,(H,18,20)/t14-/m1/s1. The molecule has 0 saturated carbocycles. The maximum absolute atomic E-state index is 12.3. The molecule has 2 heterocycles. The largest absolute Gasteiger partial charge is 0.355 e. The van der Waals surface area contributed by atoms with Crippen molar-refractivity contribution in [2.24, 2.45) is 0 Å². The molecule has 0 fully saturated rings. The van der Waals surface area contributed by atoms with Crippen molar-refractivity contribution in [3.8, 4) is 0 Å². The molecule has 2 N–H and O–H groups in total. The monoisotopic (exact) mass is 302 g/mol. The fourth-order valence-electron chi connectivity index (χ4n) is 2.90. The Balaban J connectivity index is 1.67. The average molecular weight is 302 g/mol. The van der Waals surface area contributed by atoms with Gasteiger partial charge in [-0.15, -0.1) is 11.3 Å². The van der Waals surface area contributed by atoms with E-state index in [2.05, 4.69) is 41.8 Å². The molecule has 1 aromatic heterocycles. The number of benzene rings is 1. The molecule has 0 spiro atoms. The first kappa shape index (κ1) is 14.5. The van der Waals surface area contributed by atoms with Crippen LogP contribution < -0.4 is 10.6 Å². The van der Waals surface area contributed by atoms with Gasteiger partial charge in [-0.1, -0.05) is 38.0 Å². The number of amides is 1. The maximum Gasteiger partial charge on any atom is 0.237 e. The third-order valence-corrected chi connectivity index (χ3v) is 5.31. The fourth-order valence-corrected chi connectivity index (χ4v) is 4.09. The van der Waals surface area contributed by atoms with Crippen LogP contribution in [-0.2, 0) is 17.8 Å². The van der Waals surface area contributed by atoms with E-state index in [1.807, 2.05) is 11.3 Å². The van der Waals surface area contributed by atoms with Gasteiger partial charge in [0.2, 0.25) is 5.91 Å². The average Bonchev–Trinajstić information content (AvgIpc) is 2.89. The van der Waals surface area contributed by atoms with Gasteiger partial charge in [0.15, 0.2) is 0 Å². The summed E-state index contributed by atoms with van der Waals surface area (Å²) in [6, 6.07) is 8.41. The molecule has 0 unspecified atom stereocenters. The van der Waals surface area contributed by atoms with E-state index in [-0.39, 0.29) is 11.9 Å². The predicted octanol–water partition coefficient (Wildman–Crippen LogP) is 3.22. The zero-order valence-corrected chi connectivity index (χ0v) is 13.3. The molecule has 0 bridgehead atoms. The van der Waals surface area contributed by atoms with Gasteiger partial charge in [0.1, 0.15) is 0 Å². The molecule has 4 heteroatoms. The zero-order chi connectivity index (χ0) is 14.7. The Morgan fingerprint density at radius 3 is 3.10 bits per heavy atom. The number of carbonyl (C=O) groups is 1. The Bertz CT molecular complexity index is 635. The Labute approximate surface area is 129 Å². The van der Waals surface area contributed by atoms with Crippen LogP contribution in [0.2, 0.25) is 0 Å². The number of unbranched alkanes of at least 4 members (excludes halogenated alkanes) is 2. The molecule has 1 aliphatic rings. The normalized spacial score (nSPS) is 17.7. The van der Waals surface area contributed by atoms with Crippen LogP contribution in [0.4, 0.5) is 0 Å². The second-order valence-corrected chi connectivity index (χ2v) is 6.77. The molecule has 0 saturated heterocycles. The van der Waals surface area contributed by atoms with Crippen LogP contribution in [0.15, 0.2) is 24.3 Å². The van der Waals surface area contributed by atoms with Gasteiger partial charge < -0.3 is 10.6 Å². The van der Waals surface area contributed by atoms with Crippen LogP contribution in [0.25, 0.3) is 10.1 Å². The van der Waals surface area contributed by atoms with E-state index in [9.17, 15) is 4.79 Å². The highest BCUT2D eigenvalue weighted by Crippen LogP contribution is 2.34. The highest BCUT2D eigenvalue weighted by atomic mass is 32.1. The van der Waals surface area contributed by atoms with E-state index < -0.39 is 0 Å². The van der Waals surface area contributed by atoms with Gasteiger partial charge in [0, 0.05) is 22.7 Å². The lowest BCUT2D eigenvalue weighted by Crippen LogP contribution is -2.47. The molecular weight excluding hydrogens is 280 g/mol. The van der Waals surface area contributed by atoms with Gasteiger partial charge in [0.05, 0.1) is 6.04 Å². The molecule has 3 rings (SSSR count). The van der Waals surface area contributed by atoms with Gasteiger partial charge >= 0.3 is 0 Å². The van der Waals surface area contributed by atoms with Crippen LogP contribution in [0.5, 0.6) is 0 Å². The smallest absolute Gasteiger partial charge is 0.237 e. The van der Waals surface area contributed by atoms with E-state index in [1.165, 1.54) is 33.4 Å². The van der Waals surface area contributed by atoms with Gasteiger partial charge in [-0.3, -0.25) is 4.79 Å². The second kappa shape index (κ2) is 6.58. The van der Waals surface area contributed by atoms with Gasteiger partial charge in [-0.25, -0.2) is 0 Å². The van der Waals surface area contributed by atoms with Crippen molar-refractivity contribution in [3.05, 3.63) is 34.7 Å². The lowest BCUT2D eigenvalue weighted by Gasteiger charge is -2.23. The van der Waals surface area contributed by atoms with Crippen LogP contribution in [-0.4, -0.2) is 18.5 Å². The summed E-state index contributed by atoms with van der Waals surface area (Å²) in [7, 11) is 0. The molecule has 1 atom stereocenters. The number of hydrogen-bond acceptors (Lipinski definition) is 3. The quantitative estimate of drug-likeness (QED) is 0.833. The number of thiophene rings is 1. The van der Waals surface area contributed by atoms with Crippen molar-refractivity contribution < 1.29 is 4.79 Å². The summed E-state index contributed by atoms with van der Waals surface area (Å²) >= 11 is 1.84. The Hall–Kier alpha value is -1.39. The minimum Gasteiger partial charge on any atom is -0.355 e. The van der Waals surface area contributed by atoms with Crippen molar-refractivity contribution in [3.63, 3.8) is 0 Å². The van der Waals surface area contributed by atoms with Gasteiger partial charge in [-0.2, -0.15) is 0 Å². The summed E-state index contributed by atoms with van der Waals surface area (Å²) in [6.07, 6.45) is 4.24. The van der Waals surface area contributed by atoms with Crippen LogP contribution in [0, 0.1) is 0 Å². The molecule has 1 aromatic carbocycles. The van der Waals surface area contributed by atoms with Crippen molar-refractivity contribution in [1.29, 1.82) is 0 Å². The first-order chi connectivity index (χ1) is 10.3. The minimum absolute atomic E-state index is 0.0860. The van der Waals surface area contributed by atoms with Crippen molar-refractivity contribution >= 4 is 27.3 Å². The summed E-state index contributed by atoms with van der Waals surface area (Å²) in [4.78, 5) is 13.6. The molecule has 1 aliphatic heterocycles. The van der Waals surface area contributed by atoms with E-state index in [1.54, 1.807) is 0 Å². The summed E-state index contributed by atoms with van der Waals surface area (Å²) in [5.41, 5.74) is 1.36. The Morgan fingerprint density at radius 2 is 2.24 bits per heavy atom. The van der Waals surface area contributed by atoms with E-state index >= 15 is 0 Å². The third-order valence-electron chi connectivity index (χ3n) is 4.10. The molecule has 112 valence electrons. The Morgan fingerprint density at radius 1 is 1.38 bits per heavy atom. The third kappa shape index (κ3) is 3.11. The summed E-state index contributed by atoms with van der Waals surface area (Å²) < 4.78 is 1.33. The van der Waals surface area contributed by atoms with Crippen molar-refractivity contribution in [2.75, 3.05) is 6.54 Å². The molecule has 0 aliphatic carbocycles. The topological polar surface area (TPSA) is 41.1 Å². The lowest BCUT2D eigenvalue weighted by atomic mass is 9.98. The lowest BCUT2D eigenvalue weighted by molar-refractivity contribution is -0.123. The number of fused-ring (bicyclic) bond motifs is 3. The van der Waals surface area contributed by atoms with Gasteiger partial charge in [-0.05, 0) is 29.9 Å². The first-order valence-corrected chi connectivity index (χ1v) is 8.61. The summed E-state index contributed by atoms with van der Waals surface area (Å²) in [5.74, 6) is 0.145. The predicted molar refractivity (Wildman–Crippen MR) is 88.7 cm³/mol. The van der Waals surface area contributed by atoms with Gasteiger partial charge in [0.25, 0.3) is 0 Å². The summed E-state index contributed by atoms with van der Waals surface area (Å²) in [6.45, 7) is 3.78. The van der Waals surface area contributed by atoms with Crippen molar-refractivity contribution in [1.82, 2.24) is 10.6 Å². The second-order valence-electron chi connectivity index (χ2n) is 5.64. The van der Waals surface area contributed by atoms with Crippen molar-refractivity contribution in [2.45, 2.75) is 45.2 Å². The number of nitrogens with one attached hydrogen (secondary N) is 2. The fraction of sp³-hybridized carbons (Fsp3) is 0.471. The number of hydrogen-bond donors (Lipinski definition) is 2. The maximum atomic E-state index is 12.3. The number of rotatable bonds is 5. The molecular formula is C17H22N2OS. The minimum atomic E-state index is -0.0860. The van der Waals surface area contributed by atoms with E-state index in [4.69, 9.17) is 0 Å².